The fourth-order valence-corrected chi connectivity index (χ4v) is 5.41. The first kappa shape index (κ1) is 21.9. The average Bonchev–Trinajstić information content (AvgIpc) is 3.28. The SMILES string of the molecule is COc1ccc2oc(C(=O)OCC(=O)Nc3sc4c(c3C(N)=O)CC[C@H](C)C4)c(C)c2c1. The van der Waals surface area contributed by atoms with Crippen molar-refractivity contribution >= 4 is 45.1 Å². The van der Waals surface area contributed by atoms with Gasteiger partial charge in [0.1, 0.15) is 16.3 Å². The minimum Gasteiger partial charge on any atom is -0.497 e. The maximum absolute atomic E-state index is 12.5. The number of primary amides is 1. The van der Waals surface area contributed by atoms with Gasteiger partial charge in [-0.05, 0) is 55.9 Å². The Balaban J connectivity index is 1.46. The van der Waals surface area contributed by atoms with Crippen molar-refractivity contribution in [3.63, 3.8) is 0 Å². The number of nitrogens with two attached hydrogens (primary N) is 1. The van der Waals surface area contributed by atoms with Gasteiger partial charge in [0.2, 0.25) is 5.76 Å². The number of hydrogen-bond donors (Lipinski definition) is 2. The molecule has 0 bridgehead atoms. The van der Waals surface area contributed by atoms with Crippen LogP contribution < -0.4 is 15.8 Å². The van der Waals surface area contributed by atoms with Gasteiger partial charge in [-0.25, -0.2) is 4.79 Å². The van der Waals surface area contributed by atoms with Crippen molar-refractivity contribution in [3.05, 3.63) is 45.5 Å². The Kier molecular flexibility index (Phi) is 5.92. The Morgan fingerprint density at radius 3 is 2.81 bits per heavy atom. The molecule has 0 saturated carbocycles. The maximum atomic E-state index is 12.5. The van der Waals surface area contributed by atoms with Crippen molar-refractivity contribution in [1.29, 1.82) is 0 Å². The molecule has 1 atom stereocenters. The van der Waals surface area contributed by atoms with Gasteiger partial charge in [0.05, 0.1) is 12.7 Å². The lowest BCUT2D eigenvalue weighted by atomic mass is 9.88. The van der Waals surface area contributed by atoms with Crippen LogP contribution in [0.25, 0.3) is 11.0 Å². The summed E-state index contributed by atoms with van der Waals surface area (Å²) >= 11 is 1.36. The van der Waals surface area contributed by atoms with Crippen LogP contribution in [-0.2, 0) is 22.4 Å². The fourth-order valence-electron chi connectivity index (χ4n) is 3.98. The Labute approximate surface area is 188 Å². The van der Waals surface area contributed by atoms with Crippen LogP contribution in [-0.4, -0.2) is 31.5 Å². The first-order valence-electron chi connectivity index (χ1n) is 10.3. The molecular formula is C23H24N2O6S. The summed E-state index contributed by atoms with van der Waals surface area (Å²) in [7, 11) is 1.55. The van der Waals surface area contributed by atoms with Crippen LogP contribution in [0.5, 0.6) is 5.75 Å². The Bertz CT molecular complexity index is 1230. The molecular weight excluding hydrogens is 432 g/mol. The molecule has 1 aliphatic rings. The second-order valence-corrected chi connectivity index (χ2v) is 9.07. The Morgan fingerprint density at radius 2 is 2.09 bits per heavy atom. The van der Waals surface area contributed by atoms with Crippen molar-refractivity contribution in [3.8, 4) is 5.75 Å². The van der Waals surface area contributed by atoms with Gasteiger partial charge in [-0.15, -0.1) is 11.3 Å². The van der Waals surface area contributed by atoms with Crippen LogP contribution in [0.15, 0.2) is 22.6 Å². The zero-order valence-corrected chi connectivity index (χ0v) is 18.9. The summed E-state index contributed by atoms with van der Waals surface area (Å²) in [6, 6.07) is 5.20. The molecule has 0 unspecified atom stereocenters. The Hall–Kier alpha value is -3.33. The van der Waals surface area contributed by atoms with E-state index >= 15 is 0 Å². The number of anilines is 1. The predicted octanol–water partition coefficient (Wildman–Crippen LogP) is 3.83. The van der Waals surface area contributed by atoms with Crippen molar-refractivity contribution in [2.24, 2.45) is 11.7 Å². The molecule has 0 fully saturated rings. The van der Waals surface area contributed by atoms with E-state index in [1.165, 1.54) is 11.3 Å². The van der Waals surface area contributed by atoms with Gasteiger partial charge in [0, 0.05) is 15.8 Å². The largest absolute Gasteiger partial charge is 0.497 e. The van der Waals surface area contributed by atoms with Crippen LogP contribution in [0.4, 0.5) is 5.00 Å². The molecule has 2 aromatic heterocycles. The van der Waals surface area contributed by atoms with Crippen molar-refractivity contribution < 1.29 is 28.3 Å². The van der Waals surface area contributed by atoms with E-state index < -0.39 is 24.4 Å². The number of methoxy groups -OCH3 is 1. The lowest BCUT2D eigenvalue weighted by Crippen LogP contribution is -2.23. The van der Waals surface area contributed by atoms with Gasteiger partial charge < -0.3 is 24.9 Å². The zero-order chi connectivity index (χ0) is 23.0. The minimum atomic E-state index is -0.748. The van der Waals surface area contributed by atoms with Gasteiger partial charge in [-0.1, -0.05) is 6.92 Å². The molecule has 32 heavy (non-hydrogen) atoms. The molecule has 0 spiro atoms. The molecule has 2 amide bonds. The highest BCUT2D eigenvalue weighted by molar-refractivity contribution is 7.17. The molecule has 8 nitrogen and oxygen atoms in total. The predicted molar refractivity (Wildman–Crippen MR) is 120 cm³/mol. The van der Waals surface area contributed by atoms with Crippen LogP contribution in [0.3, 0.4) is 0 Å². The molecule has 0 saturated heterocycles. The number of amides is 2. The lowest BCUT2D eigenvalue weighted by Gasteiger charge is -2.18. The molecule has 1 aromatic carbocycles. The molecule has 168 valence electrons. The summed E-state index contributed by atoms with van der Waals surface area (Å²) in [6.45, 7) is 3.37. The zero-order valence-electron chi connectivity index (χ0n) is 18.1. The van der Waals surface area contributed by atoms with Crippen molar-refractivity contribution in [2.75, 3.05) is 19.0 Å². The lowest BCUT2D eigenvalue weighted by molar-refractivity contribution is -0.119. The fraction of sp³-hybridized carbons (Fsp3) is 0.348. The van der Waals surface area contributed by atoms with E-state index in [4.69, 9.17) is 19.6 Å². The van der Waals surface area contributed by atoms with Gasteiger partial charge in [-0.3, -0.25) is 9.59 Å². The third-order valence-corrected chi connectivity index (χ3v) is 6.84. The molecule has 4 rings (SSSR count). The number of furan rings is 1. The number of fused-ring (bicyclic) bond motifs is 2. The second kappa shape index (κ2) is 8.66. The van der Waals surface area contributed by atoms with Gasteiger partial charge in [0.25, 0.3) is 11.8 Å². The number of rotatable bonds is 6. The first-order valence-corrected chi connectivity index (χ1v) is 11.1. The van der Waals surface area contributed by atoms with E-state index in [1.807, 2.05) is 0 Å². The van der Waals surface area contributed by atoms with Crippen LogP contribution in [0, 0.1) is 12.8 Å². The number of ether oxygens (including phenoxy) is 2. The van der Waals surface area contributed by atoms with Crippen LogP contribution >= 0.6 is 11.3 Å². The molecule has 3 N–H and O–H groups in total. The summed E-state index contributed by atoms with van der Waals surface area (Å²) < 4.78 is 16.0. The van der Waals surface area contributed by atoms with Crippen molar-refractivity contribution in [2.45, 2.75) is 33.1 Å². The van der Waals surface area contributed by atoms with E-state index in [-0.39, 0.29) is 5.76 Å². The van der Waals surface area contributed by atoms with Gasteiger partial charge >= 0.3 is 5.97 Å². The molecule has 1 aliphatic carbocycles. The Morgan fingerprint density at radius 1 is 1.31 bits per heavy atom. The third kappa shape index (κ3) is 4.08. The number of thiophene rings is 1. The highest BCUT2D eigenvalue weighted by Gasteiger charge is 2.27. The average molecular weight is 457 g/mol. The minimum absolute atomic E-state index is 0.0273. The monoisotopic (exact) mass is 456 g/mol. The van der Waals surface area contributed by atoms with E-state index in [2.05, 4.69) is 12.2 Å². The number of carbonyl (C=O) groups excluding carboxylic acids is 3. The summed E-state index contributed by atoms with van der Waals surface area (Å²) in [5, 5.41) is 3.82. The molecule has 0 aliphatic heterocycles. The molecule has 2 heterocycles. The van der Waals surface area contributed by atoms with Crippen molar-refractivity contribution in [1.82, 2.24) is 0 Å². The number of carbonyl (C=O) groups is 3. The first-order chi connectivity index (χ1) is 15.3. The summed E-state index contributed by atoms with van der Waals surface area (Å²) in [5.74, 6) is -0.695. The highest BCUT2D eigenvalue weighted by Crippen LogP contribution is 2.39. The molecule has 0 radical (unpaired) electrons. The number of aryl methyl sites for hydroxylation is 1. The standard InChI is InChI=1S/C23H24N2O6S/c1-11-4-6-14-17(8-11)32-22(19(14)21(24)27)25-18(26)10-30-23(28)20-12(2)15-9-13(29-3)5-7-16(15)31-20/h5,7,9,11H,4,6,8,10H2,1-3H3,(H2,24,27)(H,25,26)/t11-/m0/s1. The molecule has 3 aromatic rings. The van der Waals surface area contributed by atoms with Gasteiger partial charge in [-0.2, -0.15) is 0 Å². The highest BCUT2D eigenvalue weighted by atomic mass is 32.1. The topological polar surface area (TPSA) is 121 Å². The third-order valence-electron chi connectivity index (χ3n) is 5.67. The number of nitrogens with one attached hydrogen (secondary N) is 1. The second-order valence-electron chi connectivity index (χ2n) is 7.96. The van der Waals surface area contributed by atoms with Crippen LogP contribution in [0.1, 0.15) is 50.3 Å². The maximum Gasteiger partial charge on any atom is 0.375 e. The quantitative estimate of drug-likeness (QED) is 0.544. The van der Waals surface area contributed by atoms with E-state index in [0.717, 1.165) is 35.1 Å². The summed E-state index contributed by atoms with van der Waals surface area (Å²) in [4.78, 5) is 38.1. The van der Waals surface area contributed by atoms with Crippen LogP contribution in [0.2, 0.25) is 0 Å². The van der Waals surface area contributed by atoms with Gasteiger partial charge in [0.15, 0.2) is 6.61 Å². The normalized spacial score (nSPS) is 15.3. The van der Waals surface area contributed by atoms with E-state index in [1.54, 1.807) is 32.2 Å². The number of hydrogen-bond acceptors (Lipinski definition) is 7. The van der Waals surface area contributed by atoms with E-state index in [0.29, 0.717) is 33.4 Å². The smallest absolute Gasteiger partial charge is 0.375 e. The summed E-state index contributed by atoms with van der Waals surface area (Å²) in [5.41, 5.74) is 7.97. The molecule has 9 heteroatoms. The number of esters is 1. The summed E-state index contributed by atoms with van der Waals surface area (Å²) in [6.07, 6.45) is 2.57. The number of benzene rings is 1. The van der Waals surface area contributed by atoms with E-state index in [9.17, 15) is 14.4 Å².